The van der Waals surface area contributed by atoms with Gasteiger partial charge in [-0.05, 0) is 38.0 Å². The summed E-state index contributed by atoms with van der Waals surface area (Å²) in [4.78, 5) is 11.4. The zero-order valence-electron chi connectivity index (χ0n) is 9.34. The highest BCUT2D eigenvalue weighted by atomic mass is 16.5. The minimum absolute atomic E-state index is 0.253. The van der Waals surface area contributed by atoms with Crippen LogP contribution in [0.3, 0.4) is 0 Å². The van der Waals surface area contributed by atoms with Gasteiger partial charge in [-0.2, -0.15) is 0 Å². The number of hydrogen-bond acceptors (Lipinski definition) is 2. The molecule has 0 spiro atoms. The largest absolute Gasteiger partial charge is 0.381 e. The Bertz CT molecular complexity index is 210. The van der Waals surface area contributed by atoms with E-state index >= 15 is 0 Å². The molecule has 86 valence electrons. The van der Waals surface area contributed by atoms with Crippen molar-refractivity contribution in [1.29, 1.82) is 0 Å². The topological polar surface area (TPSA) is 38.3 Å². The molecule has 0 heterocycles. The van der Waals surface area contributed by atoms with Crippen LogP contribution in [-0.2, 0) is 9.53 Å². The fraction of sp³-hybridized carbons (Fsp3) is 0.917. The Morgan fingerprint density at radius 1 is 1.27 bits per heavy atom. The molecular weight excluding hydrogens is 190 g/mol. The Morgan fingerprint density at radius 3 is 2.67 bits per heavy atom. The molecule has 2 aliphatic carbocycles. The van der Waals surface area contributed by atoms with Crippen LogP contribution in [0.5, 0.6) is 0 Å². The van der Waals surface area contributed by atoms with Gasteiger partial charge in [0.15, 0.2) is 0 Å². The molecule has 0 saturated heterocycles. The Kier molecular flexibility index (Phi) is 4.01. The molecule has 3 heteroatoms. The summed E-state index contributed by atoms with van der Waals surface area (Å²) in [7, 11) is 0. The van der Waals surface area contributed by atoms with Crippen molar-refractivity contribution in [3.63, 3.8) is 0 Å². The van der Waals surface area contributed by atoms with Crippen molar-refractivity contribution in [2.45, 2.75) is 38.5 Å². The van der Waals surface area contributed by atoms with Crippen LogP contribution in [0.4, 0.5) is 0 Å². The minimum Gasteiger partial charge on any atom is -0.381 e. The Hall–Kier alpha value is -0.570. The number of rotatable bonds is 7. The summed E-state index contributed by atoms with van der Waals surface area (Å²) in [5.41, 5.74) is 0. The lowest BCUT2D eigenvalue weighted by Crippen LogP contribution is -2.35. The maximum Gasteiger partial charge on any atom is 0.223 e. The Labute approximate surface area is 91.6 Å². The number of carbonyl (C=O) groups is 1. The van der Waals surface area contributed by atoms with E-state index < -0.39 is 0 Å². The van der Waals surface area contributed by atoms with Gasteiger partial charge in [-0.1, -0.05) is 6.42 Å². The van der Waals surface area contributed by atoms with E-state index in [0.717, 1.165) is 44.9 Å². The molecular formula is C12H21NO2. The third-order valence-corrected chi connectivity index (χ3v) is 3.29. The van der Waals surface area contributed by atoms with Crippen molar-refractivity contribution in [3.8, 4) is 0 Å². The molecule has 0 aliphatic heterocycles. The second-order valence-corrected chi connectivity index (χ2v) is 4.79. The maximum absolute atomic E-state index is 11.4. The second kappa shape index (κ2) is 5.50. The molecule has 2 fully saturated rings. The van der Waals surface area contributed by atoms with Crippen molar-refractivity contribution < 1.29 is 9.53 Å². The monoisotopic (exact) mass is 211 g/mol. The van der Waals surface area contributed by atoms with E-state index in [0.29, 0.717) is 5.92 Å². The van der Waals surface area contributed by atoms with E-state index in [1.165, 1.54) is 19.3 Å². The van der Waals surface area contributed by atoms with Crippen LogP contribution in [0.2, 0.25) is 0 Å². The van der Waals surface area contributed by atoms with Gasteiger partial charge < -0.3 is 10.1 Å². The lowest BCUT2D eigenvalue weighted by atomic mass is 9.85. The number of carbonyl (C=O) groups excluding carboxylic acids is 1. The molecule has 3 nitrogen and oxygen atoms in total. The molecule has 2 aliphatic rings. The molecule has 2 rings (SSSR count). The second-order valence-electron chi connectivity index (χ2n) is 4.79. The van der Waals surface area contributed by atoms with Gasteiger partial charge in [0.25, 0.3) is 0 Å². The molecule has 0 bridgehead atoms. The molecule has 0 radical (unpaired) electrons. The average Bonchev–Trinajstić information content (AvgIpc) is 2.91. The molecule has 15 heavy (non-hydrogen) atoms. The summed E-state index contributed by atoms with van der Waals surface area (Å²) in [6, 6.07) is 0. The predicted molar refractivity (Wildman–Crippen MR) is 58.5 cm³/mol. The summed E-state index contributed by atoms with van der Waals surface area (Å²) in [5.74, 6) is 1.41. The fourth-order valence-electron chi connectivity index (χ4n) is 1.74. The molecule has 0 unspecified atom stereocenters. The van der Waals surface area contributed by atoms with Crippen LogP contribution in [0.15, 0.2) is 0 Å². The van der Waals surface area contributed by atoms with Crippen molar-refractivity contribution in [2.75, 3.05) is 19.8 Å². The number of nitrogens with one attached hydrogen (secondary N) is 1. The van der Waals surface area contributed by atoms with Crippen LogP contribution in [0.25, 0.3) is 0 Å². The van der Waals surface area contributed by atoms with Gasteiger partial charge in [-0.3, -0.25) is 4.79 Å². The van der Waals surface area contributed by atoms with E-state index in [1.807, 2.05) is 0 Å². The van der Waals surface area contributed by atoms with Gasteiger partial charge in [-0.15, -0.1) is 0 Å². The van der Waals surface area contributed by atoms with Crippen LogP contribution < -0.4 is 5.32 Å². The van der Waals surface area contributed by atoms with Crippen LogP contribution in [0, 0.1) is 11.8 Å². The van der Waals surface area contributed by atoms with E-state index in [4.69, 9.17) is 4.74 Å². The van der Waals surface area contributed by atoms with Gasteiger partial charge in [-0.25, -0.2) is 0 Å². The van der Waals surface area contributed by atoms with Crippen molar-refractivity contribution in [1.82, 2.24) is 5.32 Å². The van der Waals surface area contributed by atoms with Crippen molar-refractivity contribution >= 4 is 5.91 Å². The summed E-state index contributed by atoms with van der Waals surface area (Å²) in [6.45, 7) is 2.50. The molecule has 2 saturated carbocycles. The standard InChI is InChI=1S/C12H21NO2/c14-12(11-3-1-4-11)13-7-2-8-15-9-10-5-6-10/h10-11H,1-9H2,(H,13,14). The van der Waals surface area contributed by atoms with Crippen LogP contribution in [0.1, 0.15) is 38.5 Å². The summed E-state index contributed by atoms with van der Waals surface area (Å²) in [6.07, 6.45) is 7.04. The number of amides is 1. The van der Waals surface area contributed by atoms with E-state index in [-0.39, 0.29) is 5.91 Å². The average molecular weight is 211 g/mol. The van der Waals surface area contributed by atoms with Crippen LogP contribution in [-0.4, -0.2) is 25.7 Å². The maximum atomic E-state index is 11.4. The van der Waals surface area contributed by atoms with Gasteiger partial charge in [0, 0.05) is 25.7 Å². The zero-order chi connectivity index (χ0) is 10.5. The highest BCUT2D eigenvalue weighted by molar-refractivity contribution is 5.79. The fourth-order valence-corrected chi connectivity index (χ4v) is 1.74. The summed E-state index contributed by atoms with van der Waals surface area (Å²) in [5, 5.41) is 2.97. The predicted octanol–water partition coefficient (Wildman–Crippen LogP) is 1.72. The SMILES string of the molecule is O=C(NCCCOCC1CC1)C1CCC1. The zero-order valence-corrected chi connectivity index (χ0v) is 9.34. The highest BCUT2D eigenvalue weighted by Gasteiger charge is 2.24. The van der Waals surface area contributed by atoms with Gasteiger partial charge in [0.1, 0.15) is 0 Å². The summed E-state index contributed by atoms with van der Waals surface area (Å²) < 4.78 is 5.49. The van der Waals surface area contributed by atoms with Crippen LogP contribution >= 0.6 is 0 Å². The van der Waals surface area contributed by atoms with E-state index in [1.54, 1.807) is 0 Å². The summed E-state index contributed by atoms with van der Waals surface area (Å²) >= 11 is 0. The Morgan fingerprint density at radius 2 is 2.07 bits per heavy atom. The van der Waals surface area contributed by atoms with Crippen molar-refractivity contribution in [3.05, 3.63) is 0 Å². The van der Waals surface area contributed by atoms with E-state index in [9.17, 15) is 4.79 Å². The normalized spacial score (nSPS) is 21.1. The smallest absolute Gasteiger partial charge is 0.223 e. The first-order valence-corrected chi connectivity index (χ1v) is 6.21. The van der Waals surface area contributed by atoms with E-state index in [2.05, 4.69) is 5.32 Å². The van der Waals surface area contributed by atoms with Gasteiger partial charge >= 0.3 is 0 Å². The molecule has 0 atom stereocenters. The quantitative estimate of drug-likeness (QED) is 0.651. The number of hydrogen-bond donors (Lipinski definition) is 1. The first-order valence-electron chi connectivity index (χ1n) is 6.21. The highest BCUT2D eigenvalue weighted by Crippen LogP contribution is 2.28. The third kappa shape index (κ3) is 3.82. The molecule has 0 aromatic carbocycles. The van der Waals surface area contributed by atoms with Crippen molar-refractivity contribution in [2.24, 2.45) is 11.8 Å². The first-order chi connectivity index (χ1) is 7.36. The van der Waals surface area contributed by atoms with Gasteiger partial charge in [0.2, 0.25) is 5.91 Å². The molecule has 0 aromatic rings. The third-order valence-electron chi connectivity index (χ3n) is 3.29. The number of ether oxygens (including phenoxy) is 1. The lowest BCUT2D eigenvalue weighted by molar-refractivity contribution is -0.127. The minimum atomic E-state index is 0.253. The Balaban J connectivity index is 1.38. The molecule has 0 aromatic heterocycles. The first kappa shape index (κ1) is 10.9. The lowest BCUT2D eigenvalue weighted by Gasteiger charge is -2.23. The molecule has 1 amide bonds. The molecule has 1 N–H and O–H groups in total. The van der Waals surface area contributed by atoms with Gasteiger partial charge in [0.05, 0.1) is 0 Å².